The standard InChI is InChI=1S/C22H24N4O3S/c1-13(2)20(21(29)26-22-24-17(12-30-22)11-18(23)27)25-19(28)10-14-7-8-15-5-3-4-6-16(15)9-14/h3-9,12-13,20H,10-11H2,1-2H3,(H2,23,27)(H,25,28)(H,24,26,29). The van der Waals surface area contributed by atoms with Gasteiger partial charge in [0, 0.05) is 5.38 Å². The molecule has 3 aromatic rings. The van der Waals surface area contributed by atoms with Crippen molar-refractivity contribution in [3.63, 3.8) is 0 Å². The third kappa shape index (κ3) is 5.64. The Morgan fingerprint density at radius 1 is 1.07 bits per heavy atom. The molecule has 0 saturated carbocycles. The topological polar surface area (TPSA) is 114 Å². The van der Waals surface area contributed by atoms with E-state index in [-0.39, 0.29) is 30.6 Å². The number of anilines is 1. The lowest BCUT2D eigenvalue weighted by atomic mass is 10.0. The van der Waals surface area contributed by atoms with Gasteiger partial charge in [-0.2, -0.15) is 0 Å². The fourth-order valence-corrected chi connectivity index (χ4v) is 3.81. The highest BCUT2D eigenvalue weighted by atomic mass is 32.1. The number of aromatic nitrogens is 1. The highest BCUT2D eigenvalue weighted by Gasteiger charge is 2.25. The summed E-state index contributed by atoms with van der Waals surface area (Å²) in [5, 5.41) is 9.75. The second kappa shape index (κ2) is 9.49. The first-order valence-corrected chi connectivity index (χ1v) is 10.5. The van der Waals surface area contributed by atoms with Crippen LogP contribution in [0.5, 0.6) is 0 Å². The minimum Gasteiger partial charge on any atom is -0.369 e. The second-order valence-electron chi connectivity index (χ2n) is 7.42. The van der Waals surface area contributed by atoms with Gasteiger partial charge in [0.2, 0.25) is 17.7 Å². The van der Waals surface area contributed by atoms with E-state index in [2.05, 4.69) is 15.6 Å². The van der Waals surface area contributed by atoms with Gasteiger partial charge in [-0.1, -0.05) is 56.3 Å². The molecule has 3 rings (SSSR count). The Morgan fingerprint density at radius 2 is 1.80 bits per heavy atom. The number of rotatable bonds is 8. The van der Waals surface area contributed by atoms with Crippen LogP contribution in [0.4, 0.5) is 5.13 Å². The number of fused-ring (bicyclic) bond motifs is 1. The van der Waals surface area contributed by atoms with Gasteiger partial charge >= 0.3 is 0 Å². The quantitative estimate of drug-likeness (QED) is 0.516. The average Bonchev–Trinajstić information content (AvgIpc) is 3.11. The fourth-order valence-electron chi connectivity index (χ4n) is 3.10. The molecule has 8 heteroatoms. The maximum atomic E-state index is 12.7. The average molecular weight is 425 g/mol. The number of benzene rings is 2. The van der Waals surface area contributed by atoms with Crippen molar-refractivity contribution in [2.24, 2.45) is 11.7 Å². The lowest BCUT2D eigenvalue weighted by Gasteiger charge is -2.21. The van der Waals surface area contributed by atoms with Crippen LogP contribution >= 0.6 is 11.3 Å². The zero-order valence-electron chi connectivity index (χ0n) is 16.8. The maximum Gasteiger partial charge on any atom is 0.248 e. The molecule has 0 saturated heterocycles. The number of amides is 3. The highest BCUT2D eigenvalue weighted by Crippen LogP contribution is 2.18. The Hall–Kier alpha value is -3.26. The van der Waals surface area contributed by atoms with Crippen LogP contribution in [-0.4, -0.2) is 28.7 Å². The van der Waals surface area contributed by atoms with Crippen molar-refractivity contribution in [2.75, 3.05) is 5.32 Å². The second-order valence-corrected chi connectivity index (χ2v) is 8.28. The van der Waals surface area contributed by atoms with E-state index in [0.29, 0.717) is 10.8 Å². The molecule has 2 aromatic carbocycles. The Balaban J connectivity index is 1.63. The Morgan fingerprint density at radius 3 is 2.50 bits per heavy atom. The van der Waals surface area contributed by atoms with E-state index < -0.39 is 11.9 Å². The first kappa shape index (κ1) is 21.4. The zero-order valence-corrected chi connectivity index (χ0v) is 17.7. The number of carbonyl (C=O) groups is 3. The molecule has 30 heavy (non-hydrogen) atoms. The van der Waals surface area contributed by atoms with E-state index >= 15 is 0 Å². The lowest BCUT2D eigenvalue weighted by molar-refractivity contribution is -0.127. The molecule has 0 aliphatic heterocycles. The molecule has 0 spiro atoms. The normalized spacial score (nSPS) is 12.0. The maximum absolute atomic E-state index is 12.7. The molecule has 4 N–H and O–H groups in total. The third-order valence-electron chi connectivity index (χ3n) is 4.58. The number of nitrogens with zero attached hydrogens (tertiary/aromatic N) is 1. The molecular formula is C22H24N4O3S. The summed E-state index contributed by atoms with van der Waals surface area (Å²) < 4.78 is 0. The fraction of sp³-hybridized carbons (Fsp3) is 0.273. The number of hydrogen-bond acceptors (Lipinski definition) is 5. The van der Waals surface area contributed by atoms with Crippen molar-refractivity contribution in [2.45, 2.75) is 32.7 Å². The number of carbonyl (C=O) groups excluding carboxylic acids is 3. The van der Waals surface area contributed by atoms with Crippen LogP contribution in [-0.2, 0) is 27.2 Å². The summed E-state index contributed by atoms with van der Waals surface area (Å²) in [6, 6.07) is 13.1. The van der Waals surface area contributed by atoms with Crippen molar-refractivity contribution in [3.8, 4) is 0 Å². The van der Waals surface area contributed by atoms with Gasteiger partial charge in [0.05, 0.1) is 18.5 Å². The van der Waals surface area contributed by atoms with Gasteiger partial charge in [-0.25, -0.2) is 4.98 Å². The smallest absolute Gasteiger partial charge is 0.248 e. The Bertz CT molecular complexity index is 1080. The molecular weight excluding hydrogens is 400 g/mol. The third-order valence-corrected chi connectivity index (χ3v) is 5.39. The van der Waals surface area contributed by atoms with Gasteiger partial charge in [-0.3, -0.25) is 14.4 Å². The predicted octanol–water partition coefficient (Wildman–Crippen LogP) is 2.65. The summed E-state index contributed by atoms with van der Waals surface area (Å²) in [6.45, 7) is 3.72. The lowest BCUT2D eigenvalue weighted by Crippen LogP contribution is -2.47. The van der Waals surface area contributed by atoms with Gasteiger partial charge in [-0.05, 0) is 22.3 Å². The van der Waals surface area contributed by atoms with E-state index in [9.17, 15) is 14.4 Å². The zero-order chi connectivity index (χ0) is 21.7. The van der Waals surface area contributed by atoms with Gasteiger partial charge in [-0.15, -0.1) is 11.3 Å². The summed E-state index contributed by atoms with van der Waals surface area (Å²) in [5.41, 5.74) is 6.55. The van der Waals surface area contributed by atoms with Gasteiger partial charge in [0.15, 0.2) is 5.13 Å². The molecule has 1 unspecified atom stereocenters. The number of nitrogens with one attached hydrogen (secondary N) is 2. The minimum absolute atomic E-state index is 0.0163. The molecule has 1 heterocycles. The first-order valence-electron chi connectivity index (χ1n) is 9.62. The largest absolute Gasteiger partial charge is 0.369 e. The van der Waals surface area contributed by atoms with Crippen LogP contribution in [0.2, 0.25) is 0 Å². The van der Waals surface area contributed by atoms with Crippen LogP contribution in [0.3, 0.4) is 0 Å². The summed E-state index contributed by atoms with van der Waals surface area (Å²) >= 11 is 1.21. The van der Waals surface area contributed by atoms with Gasteiger partial charge < -0.3 is 16.4 Å². The minimum atomic E-state index is -0.707. The highest BCUT2D eigenvalue weighted by molar-refractivity contribution is 7.13. The van der Waals surface area contributed by atoms with Crippen molar-refractivity contribution in [1.29, 1.82) is 0 Å². The van der Waals surface area contributed by atoms with E-state index in [1.807, 2.05) is 56.3 Å². The monoisotopic (exact) mass is 424 g/mol. The van der Waals surface area contributed by atoms with Crippen molar-refractivity contribution in [1.82, 2.24) is 10.3 Å². The summed E-state index contributed by atoms with van der Waals surface area (Å²) in [4.78, 5) is 40.5. The molecule has 0 bridgehead atoms. The number of hydrogen-bond donors (Lipinski definition) is 3. The van der Waals surface area contributed by atoms with Crippen LogP contribution in [0.25, 0.3) is 10.8 Å². The Labute approximate surface area is 178 Å². The molecule has 3 amide bonds. The molecule has 0 fully saturated rings. The molecule has 0 aliphatic carbocycles. The SMILES string of the molecule is CC(C)C(NC(=O)Cc1ccc2ccccc2c1)C(=O)Nc1nc(CC(N)=O)cs1. The van der Waals surface area contributed by atoms with Crippen molar-refractivity contribution < 1.29 is 14.4 Å². The number of thiazole rings is 1. The summed E-state index contributed by atoms with van der Waals surface area (Å²) in [6.07, 6.45) is 0.198. The van der Waals surface area contributed by atoms with Crippen molar-refractivity contribution in [3.05, 3.63) is 59.1 Å². The van der Waals surface area contributed by atoms with E-state index in [4.69, 9.17) is 5.73 Å². The van der Waals surface area contributed by atoms with Crippen LogP contribution in [0.15, 0.2) is 47.8 Å². The molecule has 1 atom stereocenters. The number of nitrogens with two attached hydrogens (primary N) is 1. The van der Waals surface area contributed by atoms with Crippen molar-refractivity contribution >= 4 is 45.0 Å². The molecule has 1 aromatic heterocycles. The summed E-state index contributed by atoms with van der Waals surface area (Å²) in [5.74, 6) is -1.18. The molecule has 0 aliphatic rings. The van der Waals surface area contributed by atoms with Crippen LogP contribution < -0.4 is 16.4 Å². The van der Waals surface area contributed by atoms with E-state index in [1.165, 1.54) is 11.3 Å². The predicted molar refractivity (Wildman–Crippen MR) is 118 cm³/mol. The van der Waals surface area contributed by atoms with Gasteiger partial charge in [0.25, 0.3) is 0 Å². The van der Waals surface area contributed by atoms with Crippen LogP contribution in [0, 0.1) is 5.92 Å². The summed E-state index contributed by atoms with van der Waals surface area (Å²) in [7, 11) is 0. The number of primary amides is 1. The van der Waals surface area contributed by atoms with E-state index in [1.54, 1.807) is 5.38 Å². The molecule has 7 nitrogen and oxygen atoms in total. The Kier molecular flexibility index (Phi) is 6.79. The van der Waals surface area contributed by atoms with Crippen LogP contribution in [0.1, 0.15) is 25.1 Å². The van der Waals surface area contributed by atoms with Gasteiger partial charge in [0.1, 0.15) is 6.04 Å². The molecule has 0 radical (unpaired) electrons. The molecule has 156 valence electrons. The van der Waals surface area contributed by atoms with E-state index in [0.717, 1.165) is 16.3 Å². The first-order chi connectivity index (χ1) is 14.3.